The van der Waals surface area contributed by atoms with Crippen LogP contribution in [0.1, 0.15) is 28.4 Å². The molecular formula is C10H14N2O. The number of primary amides is 1. The second kappa shape index (κ2) is 3.47. The minimum atomic E-state index is -0.462. The van der Waals surface area contributed by atoms with Crippen molar-refractivity contribution < 1.29 is 4.79 Å². The highest BCUT2D eigenvalue weighted by Crippen LogP contribution is 2.19. The number of nitrogen functional groups attached to an aromatic ring is 1. The minimum absolute atomic E-state index is 0.428. The van der Waals surface area contributed by atoms with Crippen molar-refractivity contribution in [3.63, 3.8) is 0 Å². The second-order valence-electron chi connectivity index (χ2n) is 3.09. The zero-order valence-corrected chi connectivity index (χ0v) is 7.92. The maximum absolute atomic E-state index is 11.0. The van der Waals surface area contributed by atoms with Gasteiger partial charge in [-0.1, -0.05) is 13.0 Å². The zero-order chi connectivity index (χ0) is 10.0. The van der Waals surface area contributed by atoms with Gasteiger partial charge in [0.05, 0.1) is 5.56 Å². The molecule has 13 heavy (non-hydrogen) atoms. The van der Waals surface area contributed by atoms with E-state index in [2.05, 4.69) is 0 Å². The van der Waals surface area contributed by atoms with Gasteiger partial charge in [-0.3, -0.25) is 4.79 Å². The Bertz CT molecular complexity index is 345. The third kappa shape index (κ3) is 1.80. The third-order valence-corrected chi connectivity index (χ3v) is 2.12. The van der Waals surface area contributed by atoms with E-state index < -0.39 is 5.91 Å². The van der Waals surface area contributed by atoms with Crippen molar-refractivity contribution >= 4 is 11.6 Å². The number of benzene rings is 1. The molecule has 4 N–H and O–H groups in total. The third-order valence-electron chi connectivity index (χ3n) is 2.12. The Labute approximate surface area is 77.7 Å². The summed E-state index contributed by atoms with van der Waals surface area (Å²) in [5.74, 6) is -0.462. The van der Waals surface area contributed by atoms with Crippen LogP contribution in [0.15, 0.2) is 12.1 Å². The van der Waals surface area contributed by atoms with Crippen molar-refractivity contribution in [1.82, 2.24) is 0 Å². The van der Waals surface area contributed by atoms with Crippen LogP contribution in [0, 0.1) is 6.92 Å². The zero-order valence-electron chi connectivity index (χ0n) is 7.92. The molecule has 0 bridgehead atoms. The molecule has 0 aliphatic carbocycles. The lowest BCUT2D eigenvalue weighted by atomic mass is 10.0. The number of amides is 1. The molecule has 1 amide bonds. The number of hydrogen-bond acceptors (Lipinski definition) is 2. The fraction of sp³-hybridized carbons (Fsp3) is 0.300. The van der Waals surface area contributed by atoms with Crippen molar-refractivity contribution in [2.45, 2.75) is 20.3 Å². The lowest BCUT2D eigenvalue weighted by Crippen LogP contribution is -2.14. The van der Waals surface area contributed by atoms with Gasteiger partial charge in [0.15, 0.2) is 0 Å². The summed E-state index contributed by atoms with van der Waals surface area (Å²) < 4.78 is 0. The summed E-state index contributed by atoms with van der Waals surface area (Å²) in [6.45, 7) is 3.90. The van der Waals surface area contributed by atoms with Gasteiger partial charge in [-0.2, -0.15) is 0 Å². The first kappa shape index (κ1) is 9.58. The molecule has 1 aromatic rings. The smallest absolute Gasteiger partial charge is 0.250 e. The predicted molar refractivity (Wildman–Crippen MR) is 53.5 cm³/mol. The molecular weight excluding hydrogens is 164 g/mol. The monoisotopic (exact) mass is 178 g/mol. The molecule has 0 heterocycles. The van der Waals surface area contributed by atoms with E-state index in [1.165, 1.54) is 0 Å². The molecule has 0 atom stereocenters. The molecule has 0 saturated carbocycles. The first-order valence-corrected chi connectivity index (χ1v) is 4.25. The first-order valence-electron chi connectivity index (χ1n) is 4.25. The number of nitrogens with two attached hydrogens (primary N) is 2. The lowest BCUT2D eigenvalue weighted by molar-refractivity contribution is 0.100. The van der Waals surface area contributed by atoms with Gasteiger partial charge in [0.25, 0.3) is 5.91 Å². The molecule has 0 aliphatic rings. The van der Waals surface area contributed by atoms with E-state index in [0.29, 0.717) is 11.3 Å². The highest BCUT2D eigenvalue weighted by Gasteiger charge is 2.08. The number of rotatable bonds is 2. The summed E-state index contributed by atoms with van der Waals surface area (Å²) in [5, 5.41) is 0. The van der Waals surface area contributed by atoms with E-state index in [1.54, 1.807) is 6.07 Å². The maximum Gasteiger partial charge on any atom is 0.250 e. The molecule has 0 unspecified atom stereocenters. The van der Waals surface area contributed by atoms with E-state index in [4.69, 9.17) is 11.5 Å². The molecule has 0 saturated heterocycles. The normalized spacial score (nSPS) is 10.0. The molecule has 0 fully saturated rings. The highest BCUT2D eigenvalue weighted by molar-refractivity contribution is 5.98. The van der Waals surface area contributed by atoms with Crippen LogP contribution in [0.5, 0.6) is 0 Å². The SMILES string of the molecule is CCc1cc(C)c(N)c(C(N)=O)c1. The highest BCUT2D eigenvalue weighted by atomic mass is 16.1. The molecule has 0 radical (unpaired) electrons. The molecule has 0 spiro atoms. The van der Waals surface area contributed by atoms with Gasteiger partial charge in [0.1, 0.15) is 0 Å². The lowest BCUT2D eigenvalue weighted by Gasteiger charge is -2.07. The van der Waals surface area contributed by atoms with E-state index in [9.17, 15) is 4.79 Å². The Kier molecular flexibility index (Phi) is 2.56. The van der Waals surface area contributed by atoms with E-state index in [0.717, 1.165) is 17.5 Å². The standard InChI is InChI=1S/C10H14N2O/c1-3-7-4-6(2)9(11)8(5-7)10(12)13/h4-5H,3,11H2,1-2H3,(H2,12,13). The van der Waals surface area contributed by atoms with Crippen LogP contribution < -0.4 is 11.5 Å². The first-order chi connectivity index (χ1) is 6.06. The van der Waals surface area contributed by atoms with Gasteiger partial charge in [-0.15, -0.1) is 0 Å². The average Bonchev–Trinajstić information content (AvgIpc) is 2.09. The molecule has 0 aromatic heterocycles. The Balaban J connectivity index is 3.33. The van der Waals surface area contributed by atoms with Crippen LogP contribution in [-0.4, -0.2) is 5.91 Å². The topological polar surface area (TPSA) is 69.1 Å². The van der Waals surface area contributed by atoms with Crippen LogP contribution in [0.25, 0.3) is 0 Å². The number of carbonyl (C=O) groups excluding carboxylic acids is 1. The summed E-state index contributed by atoms with van der Waals surface area (Å²) in [5.41, 5.74) is 13.8. The van der Waals surface area contributed by atoms with Crippen molar-refractivity contribution in [3.8, 4) is 0 Å². The van der Waals surface area contributed by atoms with Crippen LogP contribution in [0.3, 0.4) is 0 Å². The summed E-state index contributed by atoms with van der Waals surface area (Å²) in [4.78, 5) is 11.0. The number of anilines is 1. The molecule has 1 rings (SSSR count). The van der Waals surface area contributed by atoms with Gasteiger partial charge in [0.2, 0.25) is 0 Å². The Morgan fingerprint density at radius 1 is 1.46 bits per heavy atom. The van der Waals surface area contributed by atoms with Gasteiger partial charge in [-0.25, -0.2) is 0 Å². The average molecular weight is 178 g/mol. The summed E-state index contributed by atoms with van der Waals surface area (Å²) in [6.07, 6.45) is 0.876. The summed E-state index contributed by atoms with van der Waals surface area (Å²) in [7, 11) is 0. The van der Waals surface area contributed by atoms with Crippen molar-refractivity contribution in [2.75, 3.05) is 5.73 Å². The molecule has 3 heteroatoms. The predicted octanol–water partition coefficient (Wildman–Crippen LogP) is 1.24. The van der Waals surface area contributed by atoms with Crippen LogP contribution in [-0.2, 0) is 6.42 Å². The second-order valence-corrected chi connectivity index (χ2v) is 3.09. The van der Waals surface area contributed by atoms with Crippen molar-refractivity contribution in [2.24, 2.45) is 5.73 Å². The largest absolute Gasteiger partial charge is 0.398 e. The number of aryl methyl sites for hydroxylation is 2. The Morgan fingerprint density at radius 3 is 2.54 bits per heavy atom. The van der Waals surface area contributed by atoms with Gasteiger partial charge >= 0.3 is 0 Å². The fourth-order valence-corrected chi connectivity index (χ4v) is 1.28. The van der Waals surface area contributed by atoms with Crippen LogP contribution in [0.2, 0.25) is 0 Å². The van der Waals surface area contributed by atoms with Crippen LogP contribution >= 0.6 is 0 Å². The maximum atomic E-state index is 11.0. The number of hydrogen-bond donors (Lipinski definition) is 2. The summed E-state index contributed by atoms with van der Waals surface area (Å²) >= 11 is 0. The van der Waals surface area contributed by atoms with Gasteiger partial charge < -0.3 is 11.5 Å². The van der Waals surface area contributed by atoms with Crippen molar-refractivity contribution in [3.05, 3.63) is 28.8 Å². The molecule has 70 valence electrons. The van der Waals surface area contributed by atoms with E-state index >= 15 is 0 Å². The minimum Gasteiger partial charge on any atom is -0.398 e. The van der Waals surface area contributed by atoms with Gasteiger partial charge in [-0.05, 0) is 30.5 Å². The van der Waals surface area contributed by atoms with E-state index in [1.807, 2.05) is 19.9 Å². The quantitative estimate of drug-likeness (QED) is 0.669. The van der Waals surface area contributed by atoms with E-state index in [-0.39, 0.29) is 0 Å². The number of carbonyl (C=O) groups is 1. The van der Waals surface area contributed by atoms with Gasteiger partial charge in [0, 0.05) is 5.69 Å². The fourth-order valence-electron chi connectivity index (χ4n) is 1.28. The van der Waals surface area contributed by atoms with Crippen molar-refractivity contribution in [1.29, 1.82) is 0 Å². The molecule has 0 aliphatic heterocycles. The molecule has 3 nitrogen and oxygen atoms in total. The summed E-state index contributed by atoms with van der Waals surface area (Å²) in [6, 6.07) is 3.73. The Morgan fingerprint density at radius 2 is 2.08 bits per heavy atom. The Hall–Kier alpha value is -1.51. The van der Waals surface area contributed by atoms with Crippen LogP contribution in [0.4, 0.5) is 5.69 Å². The molecule has 1 aromatic carbocycles.